The minimum atomic E-state index is 0.445. The van der Waals surface area contributed by atoms with Crippen molar-refractivity contribution in [3.05, 3.63) is 63.4 Å². The quantitative estimate of drug-likeness (QED) is 0.427. The fraction of sp³-hybridized carbons (Fsp3) is 0.182. The Morgan fingerprint density at radius 1 is 1.18 bits per heavy atom. The third-order valence-electron chi connectivity index (χ3n) is 3.86. The lowest BCUT2D eigenvalue weighted by atomic mass is 10.1. The molecule has 1 heterocycles. The van der Waals surface area contributed by atoms with Crippen molar-refractivity contribution in [1.82, 2.24) is 4.98 Å². The van der Waals surface area contributed by atoms with E-state index in [1.807, 2.05) is 55.6 Å². The number of nitrogens with zero attached hydrogens (tertiary/aromatic N) is 2. The smallest absolute Gasteiger partial charge is 0.179 e. The van der Waals surface area contributed by atoms with Crippen LogP contribution in [0.25, 0.3) is 22.9 Å². The Hall–Kier alpha value is -2.81. The zero-order chi connectivity index (χ0) is 19.9. The van der Waals surface area contributed by atoms with Crippen molar-refractivity contribution in [2.24, 2.45) is 0 Å². The molecule has 0 N–H and O–H groups in total. The molecule has 3 aromatic rings. The van der Waals surface area contributed by atoms with Crippen molar-refractivity contribution in [2.45, 2.75) is 13.8 Å². The van der Waals surface area contributed by atoms with Crippen LogP contribution < -0.4 is 9.47 Å². The van der Waals surface area contributed by atoms with Gasteiger partial charge >= 0.3 is 0 Å². The van der Waals surface area contributed by atoms with E-state index in [2.05, 4.69) is 11.1 Å². The van der Waals surface area contributed by atoms with Gasteiger partial charge in [0.1, 0.15) is 11.1 Å². The molecule has 0 fully saturated rings. The van der Waals surface area contributed by atoms with Crippen molar-refractivity contribution < 1.29 is 9.47 Å². The molecular weight excluding hydrogens is 392 g/mol. The van der Waals surface area contributed by atoms with E-state index < -0.39 is 0 Å². The number of ether oxygens (including phenoxy) is 2. The lowest BCUT2D eigenvalue weighted by Gasteiger charge is -2.13. The maximum absolute atomic E-state index is 9.66. The van der Waals surface area contributed by atoms with Gasteiger partial charge in [-0.2, -0.15) is 5.26 Å². The predicted molar refractivity (Wildman–Crippen MR) is 115 cm³/mol. The first kappa shape index (κ1) is 19.9. The number of benzene rings is 2. The molecule has 0 radical (unpaired) electrons. The Morgan fingerprint density at radius 3 is 2.61 bits per heavy atom. The monoisotopic (exact) mass is 410 g/mol. The summed E-state index contributed by atoms with van der Waals surface area (Å²) in [6.45, 7) is 4.76. The van der Waals surface area contributed by atoms with E-state index in [1.165, 1.54) is 11.3 Å². The third-order valence-corrected chi connectivity index (χ3v) is 5.01. The Morgan fingerprint density at radius 2 is 1.93 bits per heavy atom. The highest BCUT2D eigenvalue weighted by Crippen LogP contribution is 2.38. The highest BCUT2D eigenvalue weighted by Gasteiger charge is 2.14. The van der Waals surface area contributed by atoms with Crippen LogP contribution in [0.1, 0.15) is 24.4 Å². The van der Waals surface area contributed by atoms with Gasteiger partial charge in [-0.05, 0) is 37.6 Å². The van der Waals surface area contributed by atoms with Gasteiger partial charge in [-0.15, -0.1) is 11.3 Å². The van der Waals surface area contributed by atoms with Crippen LogP contribution in [0.15, 0.2) is 47.8 Å². The summed E-state index contributed by atoms with van der Waals surface area (Å²) in [5, 5.41) is 12.7. The molecule has 1 aromatic heterocycles. The number of rotatable bonds is 7. The van der Waals surface area contributed by atoms with E-state index in [0.717, 1.165) is 16.8 Å². The standard InChI is InChI=1S/C22H19ClN2O2S/c1-3-26-20-12-15(11-18(23)21(20)27-4-2)10-17(13-24)22-25-19(14-28-22)16-8-6-5-7-9-16/h5-12,14H,3-4H2,1-2H3/b17-10-. The number of aromatic nitrogens is 1. The molecule has 2 aromatic carbocycles. The number of hydrogen-bond donors (Lipinski definition) is 0. The highest BCUT2D eigenvalue weighted by atomic mass is 35.5. The molecule has 0 spiro atoms. The predicted octanol–water partition coefficient (Wildman–Crippen LogP) is 6.33. The van der Waals surface area contributed by atoms with Gasteiger partial charge in [0.2, 0.25) is 0 Å². The Bertz CT molecular complexity index is 1020. The van der Waals surface area contributed by atoms with Gasteiger partial charge in [-0.1, -0.05) is 41.9 Å². The molecule has 28 heavy (non-hydrogen) atoms. The fourth-order valence-corrected chi connectivity index (χ4v) is 3.73. The normalized spacial score (nSPS) is 11.1. The first-order valence-electron chi connectivity index (χ1n) is 8.88. The highest BCUT2D eigenvalue weighted by molar-refractivity contribution is 7.11. The molecule has 6 heteroatoms. The van der Waals surface area contributed by atoms with Gasteiger partial charge in [0.25, 0.3) is 0 Å². The fourth-order valence-electron chi connectivity index (χ4n) is 2.67. The maximum Gasteiger partial charge on any atom is 0.179 e. The first-order valence-corrected chi connectivity index (χ1v) is 10.1. The molecule has 0 amide bonds. The molecule has 142 valence electrons. The second kappa shape index (κ2) is 9.41. The molecule has 3 rings (SSSR count). The average molecular weight is 411 g/mol. The summed E-state index contributed by atoms with van der Waals surface area (Å²) < 4.78 is 11.2. The topological polar surface area (TPSA) is 55.1 Å². The number of hydrogen-bond acceptors (Lipinski definition) is 5. The van der Waals surface area contributed by atoms with E-state index in [4.69, 9.17) is 21.1 Å². The largest absolute Gasteiger partial charge is 0.490 e. The summed E-state index contributed by atoms with van der Waals surface area (Å²) in [5.74, 6) is 1.08. The van der Waals surface area contributed by atoms with Crippen molar-refractivity contribution in [3.8, 4) is 28.8 Å². The van der Waals surface area contributed by atoms with Crippen LogP contribution in [0, 0.1) is 11.3 Å². The minimum absolute atomic E-state index is 0.445. The summed E-state index contributed by atoms with van der Waals surface area (Å²) in [5.41, 5.74) is 3.09. The molecule has 0 saturated carbocycles. The van der Waals surface area contributed by atoms with Crippen molar-refractivity contribution in [1.29, 1.82) is 5.26 Å². The second-order valence-electron chi connectivity index (χ2n) is 5.77. The summed E-state index contributed by atoms with van der Waals surface area (Å²) in [7, 11) is 0. The zero-order valence-corrected chi connectivity index (χ0v) is 17.2. The van der Waals surface area contributed by atoms with E-state index in [1.54, 1.807) is 12.1 Å². The Labute approximate surface area is 173 Å². The summed E-state index contributed by atoms with van der Waals surface area (Å²) in [4.78, 5) is 4.61. The summed E-state index contributed by atoms with van der Waals surface area (Å²) >= 11 is 7.81. The lowest BCUT2D eigenvalue weighted by Crippen LogP contribution is -1.99. The van der Waals surface area contributed by atoms with Gasteiger partial charge < -0.3 is 9.47 Å². The van der Waals surface area contributed by atoms with Gasteiger partial charge in [-0.3, -0.25) is 0 Å². The summed E-state index contributed by atoms with van der Waals surface area (Å²) in [6.07, 6.45) is 1.76. The number of halogens is 1. The molecule has 0 unspecified atom stereocenters. The van der Waals surface area contributed by atoms with Crippen molar-refractivity contribution in [3.63, 3.8) is 0 Å². The molecule has 0 aliphatic heterocycles. The first-order chi connectivity index (χ1) is 13.7. The van der Waals surface area contributed by atoms with Crippen molar-refractivity contribution >= 4 is 34.6 Å². The van der Waals surface area contributed by atoms with E-state index in [0.29, 0.717) is 40.3 Å². The molecule has 0 atom stereocenters. The van der Waals surface area contributed by atoms with Crippen LogP contribution in [0.2, 0.25) is 5.02 Å². The molecule has 0 aliphatic rings. The number of thiazole rings is 1. The molecule has 4 nitrogen and oxygen atoms in total. The lowest BCUT2D eigenvalue weighted by molar-refractivity contribution is 0.288. The second-order valence-corrected chi connectivity index (χ2v) is 7.04. The van der Waals surface area contributed by atoms with Crippen LogP contribution >= 0.6 is 22.9 Å². The van der Waals surface area contributed by atoms with Gasteiger partial charge in [0.05, 0.1) is 29.5 Å². The molecule has 0 bridgehead atoms. The molecule has 0 saturated heterocycles. The van der Waals surface area contributed by atoms with E-state index in [-0.39, 0.29) is 0 Å². The Balaban J connectivity index is 1.97. The third kappa shape index (κ3) is 4.53. The van der Waals surface area contributed by atoms with Crippen LogP contribution in [0.4, 0.5) is 0 Å². The van der Waals surface area contributed by atoms with Crippen molar-refractivity contribution in [2.75, 3.05) is 13.2 Å². The minimum Gasteiger partial charge on any atom is -0.490 e. The van der Waals surface area contributed by atoms with Crippen LogP contribution in [-0.2, 0) is 0 Å². The van der Waals surface area contributed by atoms with Crippen LogP contribution in [0.5, 0.6) is 11.5 Å². The zero-order valence-electron chi connectivity index (χ0n) is 15.6. The molecule has 0 aliphatic carbocycles. The van der Waals surface area contributed by atoms with Gasteiger partial charge in [0, 0.05) is 10.9 Å². The van der Waals surface area contributed by atoms with Gasteiger partial charge in [-0.25, -0.2) is 4.98 Å². The maximum atomic E-state index is 9.66. The average Bonchev–Trinajstić information content (AvgIpc) is 3.20. The Kier molecular flexibility index (Phi) is 6.70. The van der Waals surface area contributed by atoms with Crippen LogP contribution in [-0.4, -0.2) is 18.2 Å². The number of nitriles is 1. The van der Waals surface area contributed by atoms with Crippen LogP contribution in [0.3, 0.4) is 0 Å². The SMILES string of the molecule is CCOc1cc(/C=C(/C#N)c2nc(-c3ccccc3)cs2)cc(Cl)c1OCC. The summed E-state index contributed by atoms with van der Waals surface area (Å²) in [6, 6.07) is 15.7. The van der Waals surface area contributed by atoms with E-state index >= 15 is 0 Å². The van der Waals surface area contributed by atoms with E-state index in [9.17, 15) is 5.26 Å². The molecular formula is C22H19ClN2O2S. The number of allylic oxidation sites excluding steroid dienone is 1. The van der Waals surface area contributed by atoms with Gasteiger partial charge in [0.15, 0.2) is 11.5 Å².